The van der Waals surface area contributed by atoms with Crippen molar-refractivity contribution in [2.45, 2.75) is 87.9 Å². The predicted octanol–water partition coefficient (Wildman–Crippen LogP) is 3.59. The highest BCUT2D eigenvalue weighted by Crippen LogP contribution is 2.62. The number of amides is 1. The Morgan fingerprint density at radius 2 is 1.68 bits per heavy atom. The summed E-state index contributed by atoms with van der Waals surface area (Å²) >= 11 is 0. The van der Waals surface area contributed by atoms with Crippen LogP contribution in [0.1, 0.15) is 80.6 Å². The third-order valence-electron chi connectivity index (χ3n) is 10.1. The van der Waals surface area contributed by atoms with E-state index in [0.717, 1.165) is 51.1 Å². The Kier molecular flexibility index (Phi) is 10.7. The number of carbonyl (C=O) groups is 2. The molecule has 19 heteroatoms. The van der Waals surface area contributed by atoms with Crippen molar-refractivity contribution in [2.24, 2.45) is 5.92 Å². The van der Waals surface area contributed by atoms with E-state index in [1.165, 1.54) is 13.3 Å². The minimum atomic E-state index is -5.59. The molecule has 2 unspecified atom stereocenters. The molecule has 1 amide bonds. The Morgan fingerprint density at radius 1 is 1.00 bits per heavy atom. The van der Waals surface area contributed by atoms with Crippen LogP contribution in [0.2, 0.25) is 0 Å². The quantitative estimate of drug-likeness (QED) is 0.102. The number of fused-ring (bicyclic) bond motifs is 2. The second-order valence-electron chi connectivity index (χ2n) is 13.6. The monoisotopic (exact) mass is 744 g/mol. The first-order valence-electron chi connectivity index (χ1n) is 16.9. The molecular formula is C31H43FN4O12P2. The van der Waals surface area contributed by atoms with Gasteiger partial charge in [0.05, 0.1) is 18.0 Å². The summed E-state index contributed by atoms with van der Waals surface area (Å²) in [6.07, 6.45) is 6.32. The summed E-state index contributed by atoms with van der Waals surface area (Å²) in [6.45, 7) is 0.945. The molecule has 2 atom stereocenters. The second-order valence-corrected chi connectivity index (χ2v) is 17.3. The fourth-order valence-electron chi connectivity index (χ4n) is 7.72. The van der Waals surface area contributed by atoms with Crippen LogP contribution in [0.25, 0.3) is 10.9 Å². The topological polar surface area (TPSA) is 217 Å². The third-order valence-corrected chi connectivity index (χ3v) is 13.6. The summed E-state index contributed by atoms with van der Waals surface area (Å²) in [4.78, 5) is 82.1. The van der Waals surface area contributed by atoms with Crippen molar-refractivity contribution < 1.29 is 56.9 Å². The SMILES string of the molecule is COc1c(N2CC3CCCNC3C2)c(F)cc2c(=O)c(C(=O)OCOC(=O)N(C3CCCCCC3)C(P(=O)(O)O)P(=O)(O)O)cn(C3CC3)c12. The fraction of sp³-hybridized carbons (Fsp3) is 0.645. The second kappa shape index (κ2) is 14.5. The predicted molar refractivity (Wildman–Crippen MR) is 178 cm³/mol. The molecule has 0 radical (unpaired) electrons. The average molecular weight is 745 g/mol. The van der Waals surface area contributed by atoms with Crippen molar-refractivity contribution in [3.63, 3.8) is 0 Å². The van der Waals surface area contributed by atoms with Crippen LogP contribution in [0.5, 0.6) is 5.75 Å². The molecule has 2 aromatic rings. The van der Waals surface area contributed by atoms with Crippen LogP contribution < -0.4 is 20.4 Å². The zero-order valence-electron chi connectivity index (χ0n) is 27.6. The first-order chi connectivity index (χ1) is 23.7. The lowest BCUT2D eigenvalue weighted by Gasteiger charge is -2.36. The summed E-state index contributed by atoms with van der Waals surface area (Å²) in [6, 6.07) is 0.227. The van der Waals surface area contributed by atoms with Crippen LogP contribution in [0.15, 0.2) is 17.1 Å². The van der Waals surface area contributed by atoms with Crippen molar-refractivity contribution in [2.75, 3.05) is 38.4 Å². The van der Waals surface area contributed by atoms with E-state index >= 15 is 4.39 Å². The number of methoxy groups -OCH3 is 1. The summed E-state index contributed by atoms with van der Waals surface area (Å²) in [5.41, 5.74) is -3.55. The molecule has 4 aliphatic rings. The van der Waals surface area contributed by atoms with E-state index in [-0.39, 0.29) is 41.7 Å². The number of piperidine rings is 1. The van der Waals surface area contributed by atoms with Crippen molar-refractivity contribution in [1.29, 1.82) is 0 Å². The van der Waals surface area contributed by atoms with E-state index in [2.05, 4.69) is 5.32 Å². The van der Waals surface area contributed by atoms with Crippen molar-refractivity contribution in [1.82, 2.24) is 14.8 Å². The van der Waals surface area contributed by atoms with Gasteiger partial charge in [0.2, 0.25) is 17.7 Å². The molecule has 2 saturated heterocycles. The number of benzene rings is 1. The number of nitrogens with one attached hydrogen (secondary N) is 1. The van der Waals surface area contributed by atoms with E-state index < -0.39 is 62.4 Å². The van der Waals surface area contributed by atoms with Gasteiger partial charge in [0.15, 0.2) is 11.6 Å². The molecule has 6 rings (SSSR count). The number of aromatic nitrogens is 1. The van der Waals surface area contributed by atoms with Gasteiger partial charge in [-0.1, -0.05) is 25.7 Å². The van der Waals surface area contributed by atoms with Crippen LogP contribution in [0, 0.1) is 11.7 Å². The molecule has 3 heterocycles. The van der Waals surface area contributed by atoms with Gasteiger partial charge in [0.25, 0.3) is 0 Å². The van der Waals surface area contributed by atoms with Gasteiger partial charge in [-0.2, -0.15) is 0 Å². The number of ether oxygens (including phenoxy) is 3. The van der Waals surface area contributed by atoms with E-state index in [9.17, 15) is 43.1 Å². The lowest BCUT2D eigenvalue weighted by molar-refractivity contribution is -0.0171. The minimum absolute atomic E-state index is 0.108. The molecule has 50 heavy (non-hydrogen) atoms. The summed E-state index contributed by atoms with van der Waals surface area (Å²) in [5, 5.41) is 3.39. The number of hydrogen-bond donors (Lipinski definition) is 5. The number of rotatable bonds is 10. The molecule has 0 bridgehead atoms. The van der Waals surface area contributed by atoms with E-state index in [1.807, 2.05) is 4.90 Å². The zero-order valence-corrected chi connectivity index (χ0v) is 29.4. The van der Waals surface area contributed by atoms with Gasteiger partial charge in [0.1, 0.15) is 11.3 Å². The maximum absolute atomic E-state index is 16.0. The minimum Gasteiger partial charge on any atom is -0.492 e. The van der Waals surface area contributed by atoms with Gasteiger partial charge in [-0.3, -0.25) is 18.8 Å². The van der Waals surface area contributed by atoms with Gasteiger partial charge < -0.3 is 48.6 Å². The number of esters is 1. The van der Waals surface area contributed by atoms with Crippen molar-refractivity contribution in [3.8, 4) is 5.75 Å². The van der Waals surface area contributed by atoms with Crippen LogP contribution in [-0.4, -0.2) is 92.2 Å². The largest absolute Gasteiger partial charge is 0.492 e. The van der Waals surface area contributed by atoms with Crippen LogP contribution in [-0.2, 0) is 18.6 Å². The Bertz CT molecular complexity index is 1750. The molecule has 0 spiro atoms. The zero-order chi connectivity index (χ0) is 36.0. The molecule has 4 fully saturated rings. The Balaban J connectivity index is 1.26. The standard InChI is InChI=1S/C31H43FN4O12P2/c1-46-28-25-21(13-23(32)26(28)34-14-18-7-6-12-33-24(18)16-34)27(37)22(15-35(25)19-10-11-19)29(38)47-17-48-30(39)36(20-8-4-2-3-5-9-20)31(49(40,41)42)50(43,44)45/h13,15,18-20,24,31,33H,2-12,14,16-17H2,1H3,(H2,40,41,42)(H2,43,44,45). The number of pyridine rings is 1. The Labute approximate surface area is 287 Å². The Morgan fingerprint density at radius 3 is 2.28 bits per heavy atom. The molecule has 5 N–H and O–H groups in total. The normalized spacial score (nSPS) is 21.9. The lowest BCUT2D eigenvalue weighted by Crippen LogP contribution is -2.47. The van der Waals surface area contributed by atoms with Crippen molar-refractivity contribution >= 4 is 43.8 Å². The summed E-state index contributed by atoms with van der Waals surface area (Å²) in [7, 11) is -9.78. The highest BCUT2D eigenvalue weighted by molar-refractivity contribution is 7.70. The lowest BCUT2D eigenvalue weighted by atomic mass is 9.94. The maximum Gasteiger partial charge on any atom is 0.414 e. The van der Waals surface area contributed by atoms with Gasteiger partial charge >= 0.3 is 27.3 Å². The highest BCUT2D eigenvalue weighted by Gasteiger charge is 2.52. The van der Waals surface area contributed by atoms with E-state index in [0.29, 0.717) is 42.3 Å². The number of anilines is 1. The molecule has 2 aliphatic carbocycles. The smallest absolute Gasteiger partial charge is 0.414 e. The molecular weight excluding hydrogens is 701 g/mol. The van der Waals surface area contributed by atoms with E-state index in [1.54, 1.807) is 4.57 Å². The number of nitrogens with zero attached hydrogens (tertiary/aromatic N) is 3. The molecule has 1 aromatic carbocycles. The van der Waals surface area contributed by atoms with Gasteiger partial charge in [-0.15, -0.1) is 0 Å². The molecule has 2 saturated carbocycles. The average Bonchev–Trinajstić information content (AvgIpc) is 3.85. The van der Waals surface area contributed by atoms with Gasteiger partial charge in [0, 0.05) is 37.4 Å². The van der Waals surface area contributed by atoms with Gasteiger partial charge in [-0.05, 0) is 57.1 Å². The molecule has 16 nitrogen and oxygen atoms in total. The summed E-state index contributed by atoms with van der Waals surface area (Å²) < 4.78 is 58.1. The number of carbonyl (C=O) groups excluding carboxylic acids is 2. The van der Waals surface area contributed by atoms with Crippen LogP contribution in [0.4, 0.5) is 14.9 Å². The summed E-state index contributed by atoms with van der Waals surface area (Å²) in [5.74, 6) is -1.38. The molecule has 2 aliphatic heterocycles. The highest BCUT2D eigenvalue weighted by atomic mass is 31.2. The van der Waals surface area contributed by atoms with Gasteiger partial charge in [-0.25, -0.2) is 14.0 Å². The van der Waals surface area contributed by atoms with Crippen LogP contribution in [0.3, 0.4) is 0 Å². The molecule has 276 valence electrons. The number of halogens is 1. The fourth-order valence-corrected chi connectivity index (χ4v) is 10.5. The maximum atomic E-state index is 16.0. The number of hydrogen-bond acceptors (Lipinski definition) is 10. The van der Waals surface area contributed by atoms with E-state index in [4.69, 9.17) is 14.2 Å². The van der Waals surface area contributed by atoms with Crippen LogP contribution >= 0.6 is 15.2 Å². The Hall–Kier alpha value is -3.04. The third kappa shape index (κ3) is 7.45. The van der Waals surface area contributed by atoms with Crippen molar-refractivity contribution in [3.05, 3.63) is 33.9 Å². The first-order valence-corrected chi connectivity index (χ1v) is 20.2. The molecule has 1 aromatic heterocycles. The first kappa shape index (κ1) is 36.7.